The fraction of sp³-hybridized carbons (Fsp3) is 0.316. The van der Waals surface area contributed by atoms with Crippen LogP contribution in [0.5, 0.6) is 11.5 Å². The molecule has 2 aromatic rings. The molecule has 1 aliphatic heterocycles. The first kappa shape index (κ1) is 19.2. The third kappa shape index (κ3) is 4.41. The lowest BCUT2D eigenvalue weighted by atomic mass is 10.1. The number of hydrogen-bond acceptors (Lipinski definition) is 4. The first-order valence-electron chi connectivity index (χ1n) is 8.21. The molecule has 0 amide bonds. The zero-order valence-electron chi connectivity index (χ0n) is 14.3. The highest BCUT2D eigenvalue weighted by Crippen LogP contribution is 2.33. The van der Waals surface area contributed by atoms with E-state index in [4.69, 9.17) is 49.6 Å². The Morgan fingerprint density at radius 3 is 2.62 bits per heavy atom. The van der Waals surface area contributed by atoms with Crippen molar-refractivity contribution in [3.8, 4) is 11.5 Å². The van der Waals surface area contributed by atoms with Crippen molar-refractivity contribution < 1.29 is 14.2 Å². The van der Waals surface area contributed by atoms with Crippen molar-refractivity contribution >= 4 is 40.4 Å². The maximum Gasteiger partial charge on any atom is 0.171 e. The van der Waals surface area contributed by atoms with Crippen LogP contribution in [0.2, 0.25) is 10.0 Å². The van der Waals surface area contributed by atoms with Crippen LogP contribution in [0.15, 0.2) is 36.4 Å². The molecule has 1 heterocycles. The molecule has 0 aliphatic carbocycles. The normalized spacial score (nSPS) is 14.2. The van der Waals surface area contributed by atoms with E-state index in [9.17, 15) is 0 Å². The van der Waals surface area contributed by atoms with Crippen LogP contribution >= 0.6 is 35.4 Å². The van der Waals surface area contributed by atoms with Gasteiger partial charge in [-0.1, -0.05) is 47.6 Å². The van der Waals surface area contributed by atoms with E-state index in [-0.39, 0.29) is 0 Å². The summed E-state index contributed by atoms with van der Waals surface area (Å²) in [7, 11) is 1.61. The van der Waals surface area contributed by atoms with Crippen LogP contribution in [0.3, 0.4) is 0 Å². The summed E-state index contributed by atoms with van der Waals surface area (Å²) >= 11 is 17.8. The third-order valence-electron chi connectivity index (χ3n) is 4.09. The van der Waals surface area contributed by atoms with Gasteiger partial charge >= 0.3 is 0 Å². The van der Waals surface area contributed by atoms with Gasteiger partial charge in [0, 0.05) is 13.1 Å². The van der Waals surface area contributed by atoms with E-state index >= 15 is 0 Å². The van der Waals surface area contributed by atoms with Crippen molar-refractivity contribution in [1.82, 2.24) is 4.90 Å². The van der Waals surface area contributed by atoms with Gasteiger partial charge in [-0.25, -0.2) is 0 Å². The van der Waals surface area contributed by atoms with E-state index in [1.54, 1.807) is 19.2 Å². The second kappa shape index (κ2) is 8.91. The van der Waals surface area contributed by atoms with Crippen LogP contribution in [0.1, 0.15) is 11.1 Å². The van der Waals surface area contributed by atoms with E-state index in [1.807, 2.05) is 24.3 Å². The molecule has 0 radical (unpaired) electrons. The van der Waals surface area contributed by atoms with E-state index in [2.05, 4.69) is 4.90 Å². The molecule has 0 unspecified atom stereocenters. The first-order chi connectivity index (χ1) is 12.6. The molecule has 2 aromatic carbocycles. The van der Waals surface area contributed by atoms with Gasteiger partial charge in [-0.3, -0.25) is 0 Å². The average Bonchev–Trinajstić information content (AvgIpc) is 2.68. The average molecular weight is 412 g/mol. The summed E-state index contributed by atoms with van der Waals surface area (Å²) in [5.74, 6) is 1.26. The van der Waals surface area contributed by atoms with Crippen LogP contribution in [0, 0.1) is 0 Å². The summed E-state index contributed by atoms with van der Waals surface area (Å²) < 4.78 is 17.0. The summed E-state index contributed by atoms with van der Waals surface area (Å²) in [6.07, 6.45) is 0. The number of morpholine rings is 1. The molecule has 0 atom stereocenters. The molecule has 26 heavy (non-hydrogen) atoms. The van der Waals surface area contributed by atoms with Crippen LogP contribution in [0.25, 0.3) is 0 Å². The third-order valence-corrected chi connectivity index (χ3v) is 5.31. The van der Waals surface area contributed by atoms with E-state index in [1.165, 1.54) is 0 Å². The fourth-order valence-electron chi connectivity index (χ4n) is 2.72. The summed E-state index contributed by atoms with van der Waals surface area (Å²) in [6.45, 7) is 3.20. The predicted octanol–water partition coefficient (Wildman–Crippen LogP) is 4.59. The molecule has 1 saturated heterocycles. The highest BCUT2D eigenvalue weighted by atomic mass is 35.5. The maximum atomic E-state index is 6.09. The van der Waals surface area contributed by atoms with Crippen molar-refractivity contribution in [3.63, 3.8) is 0 Å². The Hall–Kier alpha value is -1.53. The molecule has 3 rings (SSSR count). The number of para-hydroxylation sites is 1. The zero-order chi connectivity index (χ0) is 18.5. The predicted molar refractivity (Wildman–Crippen MR) is 108 cm³/mol. The maximum absolute atomic E-state index is 6.09. The molecule has 1 aliphatic rings. The van der Waals surface area contributed by atoms with Gasteiger partial charge in [0.25, 0.3) is 0 Å². The Labute approximate surface area is 168 Å². The Bertz CT molecular complexity index is 794. The van der Waals surface area contributed by atoms with Gasteiger partial charge in [0.15, 0.2) is 11.5 Å². The monoisotopic (exact) mass is 411 g/mol. The van der Waals surface area contributed by atoms with Crippen molar-refractivity contribution in [2.24, 2.45) is 0 Å². The molecule has 138 valence electrons. The van der Waals surface area contributed by atoms with Gasteiger partial charge in [0.2, 0.25) is 0 Å². The number of nitrogens with zero attached hydrogens (tertiary/aromatic N) is 1. The Morgan fingerprint density at radius 1 is 1.15 bits per heavy atom. The molecule has 0 N–H and O–H groups in total. The van der Waals surface area contributed by atoms with Gasteiger partial charge in [0.05, 0.1) is 35.9 Å². The fourth-order valence-corrected chi connectivity index (χ4v) is 3.38. The minimum atomic E-state index is 0.329. The van der Waals surface area contributed by atoms with Gasteiger partial charge in [-0.15, -0.1) is 0 Å². The first-order valence-corrected chi connectivity index (χ1v) is 9.37. The van der Waals surface area contributed by atoms with Crippen molar-refractivity contribution in [3.05, 3.63) is 57.6 Å². The molecule has 4 nitrogen and oxygen atoms in total. The standard InChI is InChI=1S/C19H19Cl2NO3S/c1-23-17-4-2-3-14(19(26)22-7-9-24-10-8-22)18(17)25-12-13-5-6-15(20)16(21)11-13/h2-6,11H,7-10,12H2,1H3. The molecule has 7 heteroatoms. The number of methoxy groups -OCH3 is 1. The smallest absolute Gasteiger partial charge is 0.171 e. The summed E-state index contributed by atoms with van der Waals surface area (Å²) in [6, 6.07) is 11.1. The van der Waals surface area contributed by atoms with Crippen LogP contribution in [-0.2, 0) is 11.3 Å². The highest BCUT2D eigenvalue weighted by molar-refractivity contribution is 7.80. The van der Waals surface area contributed by atoms with E-state index in [0.29, 0.717) is 41.4 Å². The summed E-state index contributed by atoms with van der Waals surface area (Å²) in [4.78, 5) is 2.86. The molecular formula is C19H19Cl2NO3S. The van der Waals surface area contributed by atoms with E-state index < -0.39 is 0 Å². The number of thiocarbonyl (C=S) groups is 1. The van der Waals surface area contributed by atoms with Gasteiger partial charge in [-0.05, 0) is 29.8 Å². The summed E-state index contributed by atoms with van der Waals surface area (Å²) in [5, 5.41) is 1.01. The molecule has 0 bridgehead atoms. The van der Waals surface area contributed by atoms with Crippen LogP contribution in [0.4, 0.5) is 0 Å². The molecule has 0 spiro atoms. The van der Waals surface area contributed by atoms with Crippen LogP contribution < -0.4 is 9.47 Å². The highest BCUT2D eigenvalue weighted by Gasteiger charge is 2.21. The number of benzene rings is 2. The lowest BCUT2D eigenvalue weighted by Gasteiger charge is -2.30. The Balaban J connectivity index is 1.84. The Kier molecular flexibility index (Phi) is 6.59. The topological polar surface area (TPSA) is 30.9 Å². The van der Waals surface area contributed by atoms with Gasteiger partial charge < -0.3 is 19.1 Å². The minimum absolute atomic E-state index is 0.329. The van der Waals surface area contributed by atoms with Crippen molar-refractivity contribution in [2.75, 3.05) is 33.4 Å². The van der Waals surface area contributed by atoms with Crippen molar-refractivity contribution in [2.45, 2.75) is 6.61 Å². The largest absolute Gasteiger partial charge is 0.493 e. The lowest BCUT2D eigenvalue weighted by Crippen LogP contribution is -2.40. The number of halogens is 2. The second-order valence-electron chi connectivity index (χ2n) is 5.78. The van der Waals surface area contributed by atoms with Gasteiger partial charge in [-0.2, -0.15) is 0 Å². The molecular weight excluding hydrogens is 393 g/mol. The summed E-state index contributed by atoms with van der Waals surface area (Å²) in [5.41, 5.74) is 1.75. The number of ether oxygens (including phenoxy) is 3. The zero-order valence-corrected chi connectivity index (χ0v) is 16.7. The number of rotatable bonds is 5. The molecule has 0 saturated carbocycles. The second-order valence-corrected chi connectivity index (χ2v) is 6.98. The Morgan fingerprint density at radius 2 is 1.92 bits per heavy atom. The molecule has 0 aromatic heterocycles. The minimum Gasteiger partial charge on any atom is -0.493 e. The lowest BCUT2D eigenvalue weighted by molar-refractivity contribution is 0.0692. The SMILES string of the molecule is COc1cccc(C(=S)N2CCOCC2)c1OCc1ccc(Cl)c(Cl)c1. The van der Waals surface area contributed by atoms with Crippen molar-refractivity contribution in [1.29, 1.82) is 0 Å². The quantitative estimate of drug-likeness (QED) is 0.671. The van der Waals surface area contributed by atoms with Gasteiger partial charge in [0.1, 0.15) is 11.6 Å². The number of hydrogen-bond donors (Lipinski definition) is 0. The molecule has 1 fully saturated rings. The van der Waals surface area contributed by atoms with E-state index in [0.717, 1.165) is 29.2 Å². The van der Waals surface area contributed by atoms with Crippen LogP contribution in [-0.4, -0.2) is 43.3 Å².